The Morgan fingerprint density at radius 2 is 1.52 bits per heavy atom. The second-order valence-electron chi connectivity index (χ2n) is 6.09. The molecule has 6 nitrogen and oxygen atoms in total. The van der Waals surface area contributed by atoms with Crippen LogP contribution < -0.4 is 20.1 Å². The Kier molecular flexibility index (Phi) is 5.76. The van der Waals surface area contributed by atoms with E-state index < -0.39 is 0 Å². The van der Waals surface area contributed by atoms with Gasteiger partial charge in [0.1, 0.15) is 5.82 Å². The van der Waals surface area contributed by atoms with Crippen molar-refractivity contribution in [1.82, 2.24) is 9.97 Å². The van der Waals surface area contributed by atoms with Crippen LogP contribution in [0, 0.1) is 6.92 Å². The van der Waals surface area contributed by atoms with E-state index in [2.05, 4.69) is 39.7 Å². The Morgan fingerprint density at radius 3 is 2.19 bits per heavy atom. The highest BCUT2D eigenvalue weighted by Crippen LogP contribution is 2.31. The summed E-state index contributed by atoms with van der Waals surface area (Å²) in [6, 6.07) is 15.8. The number of nitrogens with one attached hydrogen (secondary N) is 2. The molecule has 0 spiro atoms. The molecule has 0 bridgehead atoms. The van der Waals surface area contributed by atoms with Gasteiger partial charge in [0.25, 0.3) is 0 Å². The molecule has 140 valence electrons. The third-order valence-corrected chi connectivity index (χ3v) is 4.13. The summed E-state index contributed by atoms with van der Waals surface area (Å²) in [5.41, 5.74) is 3.96. The van der Waals surface area contributed by atoms with Crippen LogP contribution in [0.2, 0.25) is 0 Å². The zero-order valence-corrected chi connectivity index (χ0v) is 16.0. The van der Waals surface area contributed by atoms with Crippen molar-refractivity contribution in [3.8, 4) is 11.5 Å². The van der Waals surface area contributed by atoms with E-state index in [0.717, 1.165) is 23.5 Å². The Bertz CT molecular complexity index is 911. The van der Waals surface area contributed by atoms with Gasteiger partial charge in [-0.3, -0.25) is 0 Å². The number of methoxy groups -OCH3 is 2. The van der Waals surface area contributed by atoms with E-state index >= 15 is 0 Å². The number of anilines is 4. The van der Waals surface area contributed by atoms with Gasteiger partial charge < -0.3 is 20.1 Å². The van der Waals surface area contributed by atoms with Crippen molar-refractivity contribution in [2.75, 3.05) is 24.9 Å². The van der Waals surface area contributed by atoms with Gasteiger partial charge in [-0.25, -0.2) is 4.98 Å². The maximum absolute atomic E-state index is 5.35. The van der Waals surface area contributed by atoms with Crippen LogP contribution in [0.15, 0.2) is 48.5 Å². The molecule has 0 aliphatic heterocycles. The fourth-order valence-electron chi connectivity index (χ4n) is 2.70. The topological polar surface area (TPSA) is 68.3 Å². The highest BCUT2D eigenvalue weighted by Gasteiger charge is 2.07. The molecule has 0 aliphatic carbocycles. The van der Waals surface area contributed by atoms with E-state index in [9.17, 15) is 0 Å². The van der Waals surface area contributed by atoms with E-state index in [4.69, 9.17) is 9.47 Å². The standard InChI is InChI=1S/C21H24N4O2/c1-5-15-6-8-16(9-7-15)24-21-22-14(2)12-20(25-21)23-17-10-11-18(26-3)19(13-17)27-4/h6-13H,5H2,1-4H3,(H2,22,23,24,25). The van der Waals surface area contributed by atoms with Crippen LogP contribution in [-0.2, 0) is 6.42 Å². The Morgan fingerprint density at radius 1 is 0.815 bits per heavy atom. The largest absolute Gasteiger partial charge is 0.493 e. The van der Waals surface area contributed by atoms with Crippen LogP contribution in [0.25, 0.3) is 0 Å². The molecule has 1 aromatic heterocycles. The molecule has 3 aromatic rings. The van der Waals surface area contributed by atoms with Crippen molar-refractivity contribution in [3.05, 3.63) is 59.8 Å². The number of rotatable bonds is 7. The minimum absolute atomic E-state index is 0.544. The lowest BCUT2D eigenvalue weighted by molar-refractivity contribution is 0.355. The van der Waals surface area contributed by atoms with Crippen LogP contribution >= 0.6 is 0 Å². The zero-order valence-electron chi connectivity index (χ0n) is 16.0. The summed E-state index contributed by atoms with van der Waals surface area (Å²) < 4.78 is 10.6. The SMILES string of the molecule is CCc1ccc(Nc2nc(C)cc(Nc3ccc(OC)c(OC)c3)n2)cc1. The zero-order chi connectivity index (χ0) is 19.2. The monoisotopic (exact) mass is 364 g/mol. The molecule has 0 saturated heterocycles. The van der Waals surface area contributed by atoms with E-state index in [1.54, 1.807) is 14.2 Å². The van der Waals surface area contributed by atoms with E-state index in [-0.39, 0.29) is 0 Å². The van der Waals surface area contributed by atoms with Crippen molar-refractivity contribution >= 4 is 23.1 Å². The first-order valence-electron chi connectivity index (χ1n) is 8.82. The molecule has 2 aromatic carbocycles. The van der Waals surface area contributed by atoms with Crippen molar-refractivity contribution < 1.29 is 9.47 Å². The molecule has 0 fully saturated rings. The summed E-state index contributed by atoms with van der Waals surface area (Å²) in [5.74, 6) is 2.58. The molecule has 0 amide bonds. The maximum atomic E-state index is 5.35. The van der Waals surface area contributed by atoms with Crippen LogP contribution in [0.3, 0.4) is 0 Å². The van der Waals surface area contributed by atoms with E-state index in [0.29, 0.717) is 23.3 Å². The predicted molar refractivity (Wildman–Crippen MR) is 109 cm³/mol. The van der Waals surface area contributed by atoms with E-state index in [1.165, 1.54) is 5.56 Å². The maximum Gasteiger partial charge on any atom is 0.229 e. The van der Waals surface area contributed by atoms with Crippen molar-refractivity contribution in [2.24, 2.45) is 0 Å². The highest BCUT2D eigenvalue weighted by molar-refractivity contribution is 5.63. The van der Waals surface area contributed by atoms with Crippen LogP contribution in [0.1, 0.15) is 18.2 Å². The first-order chi connectivity index (χ1) is 13.1. The number of aryl methyl sites for hydroxylation is 2. The summed E-state index contributed by atoms with van der Waals surface area (Å²) in [6.07, 6.45) is 1.01. The lowest BCUT2D eigenvalue weighted by Gasteiger charge is -2.12. The van der Waals surface area contributed by atoms with Gasteiger partial charge in [0.2, 0.25) is 5.95 Å². The fraction of sp³-hybridized carbons (Fsp3) is 0.238. The summed E-state index contributed by atoms with van der Waals surface area (Å²) in [4.78, 5) is 9.03. The minimum atomic E-state index is 0.544. The molecule has 1 heterocycles. The normalized spacial score (nSPS) is 10.4. The molecule has 0 unspecified atom stereocenters. The number of ether oxygens (including phenoxy) is 2. The van der Waals surface area contributed by atoms with Gasteiger partial charge in [0.05, 0.1) is 14.2 Å². The number of benzene rings is 2. The van der Waals surface area contributed by atoms with Crippen molar-refractivity contribution in [1.29, 1.82) is 0 Å². The highest BCUT2D eigenvalue weighted by atomic mass is 16.5. The summed E-state index contributed by atoms with van der Waals surface area (Å²) in [5, 5.41) is 6.54. The van der Waals surface area contributed by atoms with Crippen LogP contribution in [-0.4, -0.2) is 24.2 Å². The van der Waals surface area contributed by atoms with Crippen LogP contribution in [0.4, 0.5) is 23.1 Å². The fourth-order valence-corrected chi connectivity index (χ4v) is 2.70. The lowest BCUT2D eigenvalue weighted by atomic mass is 10.1. The van der Waals surface area contributed by atoms with Gasteiger partial charge in [0, 0.05) is 29.2 Å². The molecule has 0 radical (unpaired) electrons. The third kappa shape index (κ3) is 4.67. The average molecular weight is 364 g/mol. The second kappa shape index (κ2) is 8.40. The number of aromatic nitrogens is 2. The number of nitrogens with zero attached hydrogens (tertiary/aromatic N) is 2. The first-order valence-corrected chi connectivity index (χ1v) is 8.82. The van der Waals surface area contributed by atoms with Gasteiger partial charge in [0.15, 0.2) is 11.5 Å². The summed E-state index contributed by atoms with van der Waals surface area (Å²) >= 11 is 0. The molecule has 6 heteroatoms. The average Bonchev–Trinajstić information content (AvgIpc) is 2.68. The molecule has 2 N–H and O–H groups in total. The molecular formula is C21H24N4O2. The Balaban J connectivity index is 1.80. The Labute approximate surface area is 159 Å². The summed E-state index contributed by atoms with van der Waals surface area (Å²) in [7, 11) is 3.23. The van der Waals surface area contributed by atoms with Crippen LogP contribution in [0.5, 0.6) is 11.5 Å². The minimum Gasteiger partial charge on any atom is -0.493 e. The van der Waals surface area contributed by atoms with Gasteiger partial charge in [-0.15, -0.1) is 0 Å². The smallest absolute Gasteiger partial charge is 0.229 e. The predicted octanol–water partition coefficient (Wildman–Crippen LogP) is 4.85. The van der Waals surface area contributed by atoms with Gasteiger partial charge in [-0.2, -0.15) is 4.98 Å². The van der Waals surface area contributed by atoms with Gasteiger partial charge in [-0.05, 0) is 43.2 Å². The van der Waals surface area contributed by atoms with Gasteiger partial charge >= 0.3 is 0 Å². The first kappa shape index (κ1) is 18.5. The third-order valence-electron chi connectivity index (χ3n) is 4.13. The molecule has 0 atom stereocenters. The van der Waals surface area contributed by atoms with Crippen molar-refractivity contribution in [2.45, 2.75) is 20.3 Å². The van der Waals surface area contributed by atoms with Crippen molar-refractivity contribution in [3.63, 3.8) is 0 Å². The molecule has 0 aliphatic rings. The van der Waals surface area contributed by atoms with E-state index in [1.807, 2.05) is 43.3 Å². The number of hydrogen-bond acceptors (Lipinski definition) is 6. The second-order valence-corrected chi connectivity index (χ2v) is 6.09. The quantitative estimate of drug-likeness (QED) is 0.624. The molecule has 3 rings (SSSR count). The molecule has 27 heavy (non-hydrogen) atoms. The Hall–Kier alpha value is -3.28. The van der Waals surface area contributed by atoms with Gasteiger partial charge in [-0.1, -0.05) is 19.1 Å². The molecular weight excluding hydrogens is 340 g/mol. The molecule has 0 saturated carbocycles. The summed E-state index contributed by atoms with van der Waals surface area (Å²) in [6.45, 7) is 4.07. The lowest BCUT2D eigenvalue weighted by Crippen LogP contribution is -2.02. The number of hydrogen-bond donors (Lipinski definition) is 2.